The molecule has 4 rings (SSSR count). The van der Waals surface area contributed by atoms with E-state index < -0.39 is 0 Å². The molecule has 0 amide bonds. The number of hydrogen-bond donors (Lipinski definition) is 0. The number of fused-ring (bicyclic) bond motifs is 2. The van der Waals surface area contributed by atoms with Gasteiger partial charge in [0.15, 0.2) is 16.6 Å². The van der Waals surface area contributed by atoms with E-state index >= 15 is 0 Å². The van der Waals surface area contributed by atoms with E-state index in [4.69, 9.17) is 23.0 Å². The maximum absolute atomic E-state index is 12.6. The van der Waals surface area contributed by atoms with Crippen molar-refractivity contribution in [2.24, 2.45) is 0 Å². The molecule has 0 aliphatic carbocycles. The van der Waals surface area contributed by atoms with Crippen LogP contribution < -0.4 is 14.9 Å². The van der Waals surface area contributed by atoms with Gasteiger partial charge in [0.1, 0.15) is 23.5 Å². The molecule has 138 valence electrons. The first-order chi connectivity index (χ1) is 12.7. The monoisotopic (exact) mass is 359 g/mol. The van der Waals surface area contributed by atoms with E-state index in [2.05, 4.69) is 4.90 Å². The molecule has 2 aromatic heterocycles. The van der Waals surface area contributed by atoms with Crippen molar-refractivity contribution in [3.05, 3.63) is 34.4 Å². The van der Waals surface area contributed by atoms with Crippen molar-refractivity contribution in [3.8, 4) is 11.5 Å². The van der Waals surface area contributed by atoms with E-state index in [-0.39, 0.29) is 5.43 Å². The molecule has 7 nitrogen and oxygen atoms in total. The first-order valence-corrected chi connectivity index (χ1v) is 8.63. The molecule has 3 aromatic rings. The fourth-order valence-electron chi connectivity index (χ4n) is 3.33. The summed E-state index contributed by atoms with van der Waals surface area (Å²) in [7, 11) is 1.53. The van der Waals surface area contributed by atoms with Crippen LogP contribution in [0.1, 0.15) is 5.76 Å². The van der Waals surface area contributed by atoms with Gasteiger partial charge in [0.05, 0.1) is 32.0 Å². The van der Waals surface area contributed by atoms with Gasteiger partial charge in [-0.2, -0.15) is 0 Å². The van der Waals surface area contributed by atoms with Gasteiger partial charge in [0.25, 0.3) is 0 Å². The van der Waals surface area contributed by atoms with Gasteiger partial charge >= 0.3 is 0 Å². The molecule has 0 unspecified atom stereocenters. The Morgan fingerprint density at radius 3 is 2.77 bits per heavy atom. The van der Waals surface area contributed by atoms with E-state index in [0.717, 1.165) is 32.8 Å². The van der Waals surface area contributed by atoms with Gasteiger partial charge in [-0.1, -0.05) is 0 Å². The number of morpholine rings is 1. The summed E-state index contributed by atoms with van der Waals surface area (Å²) < 4.78 is 28.3. The van der Waals surface area contributed by atoms with Crippen LogP contribution in [0.5, 0.6) is 11.5 Å². The Morgan fingerprint density at radius 1 is 1.19 bits per heavy atom. The average Bonchev–Trinajstić information content (AvgIpc) is 3.12. The van der Waals surface area contributed by atoms with E-state index in [0.29, 0.717) is 45.8 Å². The second-order valence-corrected chi connectivity index (χ2v) is 6.25. The molecule has 0 atom stereocenters. The lowest BCUT2D eigenvalue weighted by Crippen LogP contribution is -2.38. The largest absolute Gasteiger partial charge is 0.495 e. The normalized spacial score (nSPS) is 15.6. The fourth-order valence-corrected chi connectivity index (χ4v) is 3.33. The van der Waals surface area contributed by atoms with E-state index in [1.807, 2.05) is 0 Å². The summed E-state index contributed by atoms with van der Waals surface area (Å²) in [5, 5.41) is 1.06. The molecule has 3 heterocycles. The van der Waals surface area contributed by atoms with Crippen molar-refractivity contribution in [1.82, 2.24) is 4.90 Å². The van der Waals surface area contributed by atoms with Gasteiger partial charge in [0, 0.05) is 25.7 Å². The zero-order chi connectivity index (χ0) is 18.1. The number of rotatable bonds is 5. The fraction of sp³-hybridized carbons (Fsp3) is 0.421. The first kappa shape index (κ1) is 16.9. The van der Waals surface area contributed by atoms with E-state index in [1.54, 1.807) is 19.3 Å². The second kappa shape index (κ2) is 7.01. The molecular weight excluding hydrogens is 338 g/mol. The molecule has 0 bridgehead atoms. The number of aryl methyl sites for hydroxylation is 1. The van der Waals surface area contributed by atoms with Crippen LogP contribution in [0.15, 0.2) is 32.0 Å². The molecule has 1 saturated heterocycles. The molecule has 0 saturated carbocycles. The van der Waals surface area contributed by atoms with Crippen molar-refractivity contribution < 1.29 is 23.0 Å². The van der Waals surface area contributed by atoms with E-state index in [9.17, 15) is 4.79 Å². The smallest absolute Gasteiger partial charge is 0.206 e. The van der Waals surface area contributed by atoms with Crippen LogP contribution >= 0.6 is 0 Å². The Balaban J connectivity index is 1.76. The number of methoxy groups -OCH3 is 1. The third-order valence-corrected chi connectivity index (χ3v) is 4.58. The highest BCUT2D eigenvalue weighted by Gasteiger charge is 2.23. The van der Waals surface area contributed by atoms with Gasteiger partial charge in [-0.25, -0.2) is 0 Å². The lowest BCUT2D eigenvalue weighted by atomic mass is 10.1. The Hall–Kier alpha value is -2.51. The summed E-state index contributed by atoms with van der Waals surface area (Å²) in [6, 6.07) is 3.22. The second-order valence-electron chi connectivity index (χ2n) is 6.25. The molecule has 1 aliphatic heterocycles. The zero-order valence-electron chi connectivity index (χ0n) is 14.9. The molecule has 1 aromatic carbocycles. The molecule has 1 aliphatic rings. The minimum Gasteiger partial charge on any atom is -0.495 e. The third-order valence-electron chi connectivity index (χ3n) is 4.58. The summed E-state index contributed by atoms with van der Waals surface area (Å²) in [5.41, 5.74) is 0.711. The van der Waals surface area contributed by atoms with Crippen molar-refractivity contribution >= 4 is 21.9 Å². The van der Waals surface area contributed by atoms with Crippen molar-refractivity contribution in [3.63, 3.8) is 0 Å². The molecular formula is C19H21NO6. The lowest BCUT2D eigenvalue weighted by molar-refractivity contribution is 0.0323. The van der Waals surface area contributed by atoms with Crippen molar-refractivity contribution in [2.45, 2.75) is 6.92 Å². The predicted molar refractivity (Wildman–Crippen MR) is 96.3 cm³/mol. The summed E-state index contributed by atoms with van der Waals surface area (Å²) >= 11 is 0. The molecule has 7 heteroatoms. The highest BCUT2D eigenvalue weighted by atomic mass is 16.5. The van der Waals surface area contributed by atoms with Gasteiger partial charge in [-0.3, -0.25) is 9.69 Å². The summed E-state index contributed by atoms with van der Waals surface area (Å²) in [5.74, 6) is 1.39. The Morgan fingerprint density at radius 2 is 2.00 bits per heavy atom. The third kappa shape index (κ3) is 2.93. The maximum atomic E-state index is 12.6. The zero-order valence-corrected chi connectivity index (χ0v) is 14.9. The highest BCUT2D eigenvalue weighted by molar-refractivity contribution is 6.06. The standard InChI is InChI=1S/C19H21NO6/c1-12-11-14(21)15-16(22-2)13-3-7-24-17(13)19(18(15)26-12)25-10-6-20-4-8-23-9-5-20/h3,7,11H,4-6,8-10H2,1-2H3. The maximum Gasteiger partial charge on any atom is 0.206 e. The van der Waals surface area contributed by atoms with Gasteiger partial charge in [-0.05, 0) is 13.0 Å². The van der Waals surface area contributed by atoms with Gasteiger partial charge in [0.2, 0.25) is 5.75 Å². The van der Waals surface area contributed by atoms with Crippen LogP contribution in [0.3, 0.4) is 0 Å². The van der Waals surface area contributed by atoms with Crippen LogP contribution in [-0.4, -0.2) is 51.5 Å². The first-order valence-electron chi connectivity index (χ1n) is 8.63. The summed E-state index contributed by atoms with van der Waals surface area (Å²) in [4.78, 5) is 14.8. The molecule has 0 spiro atoms. The number of ether oxygens (including phenoxy) is 3. The minimum absolute atomic E-state index is 0.165. The quantitative estimate of drug-likeness (QED) is 0.693. The molecule has 0 N–H and O–H groups in total. The van der Waals surface area contributed by atoms with Crippen LogP contribution in [0.4, 0.5) is 0 Å². The number of nitrogens with zero attached hydrogens (tertiary/aromatic N) is 1. The van der Waals surface area contributed by atoms with Crippen LogP contribution in [0.2, 0.25) is 0 Å². The van der Waals surface area contributed by atoms with Gasteiger partial charge in [-0.15, -0.1) is 0 Å². The lowest BCUT2D eigenvalue weighted by Gasteiger charge is -2.26. The summed E-state index contributed by atoms with van der Waals surface area (Å²) in [6.45, 7) is 6.19. The Labute approximate surface area is 150 Å². The van der Waals surface area contributed by atoms with Crippen LogP contribution in [0, 0.1) is 6.92 Å². The number of benzene rings is 1. The predicted octanol–water partition coefficient (Wildman–Crippen LogP) is 2.57. The van der Waals surface area contributed by atoms with E-state index in [1.165, 1.54) is 13.2 Å². The van der Waals surface area contributed by atoms with Crippen LogP contribution in [0.25, 0.3) is 21.9 Å². The van der Waals surface area contributed by atoms with Crippen molar-refractivity contribution in [2.75, 3.05) is 46.6 Å². The molecule has 1 fully saturated rings. The average molecular weight is 359 g/mol. The minimum atomic E-state index is -0.165. The summed E-state index contributed by atoms with van der Waals surface area (Å²) in [6.07, 6.45) is 1.55. The van der Waals surface area contributed by atoms with Crippen molar-refractivity contribution in [1.29, 1.82) is 0 Å². The SMILES string of the molecule is COc1c2ccoc2c(OCCN2CCOCC2)c2oc(C)cc(=O)c12. The topological polar surface area (TPSA) is 74.3 Å². The Kier molecular flexibility index (Phi) is 4.57. The molecule has 26 heavy (non-hydrogen) atoms. The van der Waals surface area contributed by atoms with Gasteiger partial charge < -0.3 is 23.0 Å². The molecule has 0 radical (unpaired) electrons. The number of hydrogen-bond acceptors (Lipinski definition) is 7. The van der Waals surface area contributed by atoms with Crippen LogP contribution in [-0.2, 0) is 4.74 Å². The Bertz CT molecular complexity index is 983. The highest BCUT2D eigenvalue weighted by Crippen LogP contribution is 2.42. The number of furan rings is 1.